The number of alkyl halides is 3. The molecule has 0 saturated carbocycles. The summed E-state index contributed by atoms with van der Waals surface area (Å²) in [5.41, 5.74) is 4.58. The number of halogens is 3. The maximum atomic E-state index is 12.4. The summed E-state index contributed by atoms with van der Waals surface area (Å²) in [5.74, 6) is -0.193. The molecule has 140 valence electrons. The van der Waals surface area contributed by atoms with Crippen LogP contribution in [0.25, 0.3) is 0 Å². The first kappa shape index (κ1) is 18.7. The minimum absolute atomic E-state index is 0.0111. The van der Waals surface area contributed by atoms with Gasteiger partial charge >= 0.3 is 6.36 Å². The molecule has 0 amide bonds. The van der Waals surface area contributed by atoms with Crippen molar-refractivity contribution in [2.75, 3.05) is 26.2 Å². The van der Waals surface area contributed by atoms with E-state index in [-0.39, 0.29) is 11.8 Å². The first-order valence-electron chi connectivity index (χ1n) is 8.72. The minimum atomic E-state index is -4.67. The van der Waals surface area contributed by atoms with Crippen molar-refractivity contribution in [3.63, 3.8) is 0 Å². The third kappa shape index (κ3) is 4.37. The Morgan fingerprint density at radius 2 is 1.65 bits per heavy atom. The van der Waals surface area contributed by atoms with E-state index in [1.165, 1.54) is 28.8 Å². The van der Waals surface area contributed by atoms with E-state index in [1.807, 2.05) is 6.07 Å². The number of nitrogens with zero attached hydrogens (tertiary/aromatic N) is 1. The van der Waals surface area contributed by atoms with Crippen molar-refractivity contribution in [2.45, 2.75) is 26.3 Å². The summed E-state index contributed by atoms with van der Waals surface area (Å²) >= 11 is 0. The van der Waals surface area contributed by atoms with Crippen molar-refractivity contribution >= 4 is 0 Å². The monoisotopic (exact) mass is 364 g/mol. The Labute approximate surface area is 151 Å². The van der Waals surface area contributed by atoms with Gasteiger partial charge in [-0.15, -0.1) is 13.2 Å². The van der Waals surface area contributed by atoms with Crippen LogP contribution in [0.2, 0.25) is 0 Å². The first-order valence-corrected chi connectivity index (χ1v) is 8.72. The Kier molecular flexibility index (Phi) is 5.53. The number of nitrogens with one attached hydrogen (secondary N) is 1. The molecule has 1 fully saturated rings. The molecule has 1 aliphatic rings. The van der Waals surface area contributed by atoms with Gasteiger partial charge < -0.3 is 10.1 Å². The van der Waals surface area contributed by atoms with Crippen LogP contribution in [-0.4, -0.2) is 37.4 Å². The summed E-state index contributed by atoms with van der Waals surface area (Å²) in [5, 5.41) is 3.35. The molecule has 0 aromatic heterocycles. The maximum absolute atomic E-state index is 12.4. The van der Waals surface area contributed by atoms with E-state index < -0.39 is 6.36 Å². The average Bonchev–Trinajstić information content (AvgIpc) is 2.60. The lowest BCUT2D eigenvalue weighted by atomic mass is 9.91. The third-order valence-electron chi connectivity index (χ3n) is 4.89. The lowest BCUT2D eigenvalue weighted by Gasteiger charge is -2.36. The number of benzene rings is 2. The fourth-order valence-electron chi connectivity index (χ4n) is 3.45. The summed E-state index contributed by atoms with van der Waals surface area (Å²) in [6, 6.07) is 12.5. The van der Waals surface area contributed by atoms with Crippen LogP contribution in [0, 0.1) is 13.8 Å². The van der Waals surface area contributed by atoms with Gasteiger partial charge in [-0.05, 0) is 48.2 Å². The Bertz CT molecular complexity index is 738. The zero-order valence-electron chi connectivity index (χ0n) is 14.9. The molecule has 1 atom stereocenters. The zero-order chi connectivity index (χ0) is 18.7. The van der Waals surface area contributed by atoms with E-state index in [1.54, 1.807) is 12.1 Å². The van der Waals surface area contributed by atoms with Gasteiger partial charge in [0.1, 0.15) is 5.75 Å². The van der Waals surface area contributed by atoms with E-state index in [0.29, 0.717) is 0 Å². The molecule has 2 aromatic carbocycles. The van der Waals surface area contributed by atoms with Crippen LogP contribution < -0.4 is 10.1 Å². The van der Waals surface area contributed by atoms with Gasteiger partial charge in [-0.1, -0.05) is 30.3 Å². The quantitative estimate of drug-likeness (QED) is 0.880. The van der Waals surface area contributed by atoms with E-state index in [9.17, 15) is 13.2 Å². The van der Waals surface area contributed by atoms with Crippen molar-refractivity contribution in [1.29, 1.82) is 0 Å². The fourth-order valence-corrected chi connectivity index (χ4v) is 3.45. The van der Waals surface area contributed by atoms with Gasteiger partial charge in [0.05, 0.1) is 6.04 Å². The average molecular weight is 364 g/mol. The van der Waals surface area contributed by atoms with E-state index in [2.05, 4.69) is 40.9 Å². The standard InChI is InChI=1S/C20H23F3N2O/c1-14-4-3-5-18(15(14)2)19(25-12-10-24-11-13-25)16-6-8-17(9-7-16)26-20(21,22)23/h3-9,19,24H,10-13H2,1-2H3/t19-/m0/s1. The maximum Gasteiger partial charge on any atom is 0.573 e. The number of rotatable bonds is 4. The van der Waals surface area contributed by atoms with Gasteiger partial charge in [0.15, 0.2) is 0 Å². The van der Waals surface area contributed by atoms with E-state index >= 15 is 0 Å². The third-order valence-corrected chi connectivity index (χ3v) is 4.89. The normalized spacial score (nSPS) is 17.1. The topological polar surface area (TPSA) is 24.5 Å². The molecule has 26 heavy (non-hydrogen) atoms. The molecule has 0 radical (unpaired) electrons. The largest absolute Gasteiger partial charge is 0.573 e. The van der Waals surface area contributed by atoms with Gasteiger partial charge in [0, 0.05) is 26.2 Å². The highest BCUT2D eigenvalue weighted by Crippen LogP contribution is 2.33. The van der Waals surface area contributed by atoms with Crippen LogP contribution in [0.15, 0.2) is 42.5 Å². The van der Waals surface area contributed by atoms with E-state index in [0.717, 1.165) is 31.7 Å². The SMILES string of the molecule is Cc1cccc([C@H](c2ccc(OC(F)(F)F)cc2)N2CCNCC2)c1C. The van der Waals surface area contributed by atoms with Gasteiger partial charge in [-0.3, -0.25) is 4.90 Å². The van der Waals surface area contributed by atoms with Crippen molar-refractivity contribution in [3.8, 4) is 5.75 Å². The molecule has 0 bridgehead atoms. The van der Waals surface area contributed by atoms with Gasteiger partial charge in [0.2, 0.25) is 0 Å². The van der Waals surface area contributed by atoms with Crippen molar-refractivity contribution in [3.05, 3.63) is 64.7 Å². The Morgan fingerprint density at radius 1 is 1.00 bits per heavy atom. The molecule has 3 rings (SSSR count). The molecule has 0 spiro atoms. The molecule has 0 unspecified atom stereocenters. The highest BCUT2D eigenvalue weighted by atomic mass is 19.4. The summed E-state index contributed by atoms with van der Waals surface area (Å²) in [4.78, 5) is 2.37. The van der Waals surface area contributed by atoms with Gasteiger partial charge in [0.25, 0.3) is 0 Å². The van der Waals surface area contributed by atoms with Crippen molar-refractivity contribution in [2.24, 2.45) is 0 Å². The van der Waals surface area contributed by atoms with Crippen LogP contribution >= 0.6 is 0 Å². The van der Waals surface area contributed by atoms with E-state index in [4.69, 9.17) is 0 Å². The number of hydrogen-bond donors (Lipinski definition) is 1. The minimum Gasteiger partial charge on any atom is -0.406 e. The molecule has 1 aliphatic heterocycles. The second-order valence-electron chi connectivity index (χ2n) is 6.59. The second kappa shape index (κ2) is 7.68. The van der Waals surface area contributed by atoms with Crippen LogP contribution in [0.4, 0.5) is 13.2 Å². The lowest BCUT2D eigenvalue weighted by Crippen LogP contribution is -2.45. The highest BCUT2D eigenvalue weighted by Gasteiger charge is 2.31. The molecular formula is C20H23F3N2O. The molecule has 1 saturated heterocycles. The van der Waals surface area contributed by atoms with Crippen molar-refractivity contribution < 1.29 is 17.9 Å². The lowest BCUT2D eigenvalue weighted by molar-refractivity contribution is -0.274. The predicted molar refractivity (Wildman–Crippen MR) is 95.3 cm³/mol. The van der Waals surface area contributed by atoms with Crippen LogP contribution in [-0.2, 0) is 0 Å². The number of ether oxygens (including phenoxy) is 1. The Balaban J connectivity index is 1.96. The Hall–Kier alpha value is -2.05. The van der Waals surface area contributed by atoms with Crippen LogP contribution in [0.1, 0.15) is 28.3 Å². The molecule has 2 aromatic rings. The number of piperazine rings is 1. The smallest absolute Gasteiger partial charge is 0.406 e. The number of hydrogen-bond acceptors (Lipinski definition) is 3. The summed E-state index contributed by atoms with van der Waals surface area (Å²) in [6.45, 7) is 7.75. The van der Waals surface area contributed by atoms with Gasteiger partial charge in [-0.25, -0.2) is 0 Å². The summed E-state index contributed by atoms with van der Waals surface area (Å²) in [6.07, 6.45) is -4.67. The number of aryl methyl sites for hydroxylation is 1. The molecule has 3 nitrogen and oxygen atoms in total. The predicted octanol–water partition coefficient (Wildman–Crippen LogP) is 4.20. The molecule has 0 aliphatic carbocycles. The van der Waals surface area contributed by atoms with Crippen LogP contribution in [0.5, 0.6) is 5.75 Å². The molecular weight excluding hydrogens is 341 g/mol. The van der Waals surface area contributed by atoms with Crippen LogP contribution in [0.3, 0.4) is 0 Å². The summed E-state index contributed by atoms with van der Waals surface area (Å²) in [7, 11) is 0. The first-order chi connectivity index (χ1) is 12.3. The molecule has 1 N–H and O–H groups in total. The van der Waals surface area contributed by atoms with Crippen molar-refractivity contribution in [1.82, 2.24) is 10.2 Å². The van der Waals surface area contributed by atoms with Gasteiger partial charge in [-0.2, -0.15) is 0 Å². The highest BCUT2D eigenvalue weighted by molar-refractivity contribution is 5.42. The summed E-state index contributed by atoms with van der Waals surface area (Å²) < 4.78 is 41.3. The zero-order valence-corrected chi connectivity index (χ0v) is 14.9. The molecule has 1 heterocycles. The Morgan fingerprint density at radius 3 is 2.27 bits per heavy atom. The fraction of sp³-hybridized carbons (Fsp3) is 0.400. The second-order valence-corrected chi connectivity index (χ2v) is 6.59. The molecule has 6 heteroatoms.